The molecule has 0 amide bonds. The highest BCUT2D eigenvalue weighted by molar-refractivity contribution is 5.33. The maximum absolute atomic E-state index is 5.98. The van der Waals surface area contributed by atoms with Crippen LogP contribution in [0.4, 0.5) is 0 Å². The summed E-state index contributed by atoms with van der Waals surface area (Å²) in [5, 5.41) is 0. The smallest absolute Gasteiger partial charge is 0.122 e. The maximum atomic E-state index is 5.98. The molecule has 2 N–H and O–H groups in total. The monoisotopic (exact) mass is 262 g/mol. The summed E-state index contributed by atoms with van der Waals surface area (Å²) in [6.07, 6.45) is 3.59. The van der Waals surface area contributed by atoms with E-state index in [1.54, 1.807) is 0 Å². The van der Waals surface area contributed by atoms with Gasteiger partial charge in [0.25, 0.3) is 0 Å². The number of nitrogens with two attached hydrogens (primary N) is 1. The van der Waals surface area contributed by atoms with E-state index in [2.05, 4.69) is 17.9 Å². The van der Waals surface area contributed by atoms with Gasteiger partial charge in [-0.1, -0.05) is 25.1 Å². The van der Waals surface area contributed by atoms with Gasteiger partial charge in [0.05, 0.1) is 6.61 Å². The second kappa shape index (κ2) is 7.51. The molecule has 0 aromatic heterocycles. The van der Waals surface area contributed by atoms with E-state index in [-0.39, 0.29) is 0 Å². The zero-order valence-corrected chi connectivity index (χ0v) is 12.0. The van der Waals surface area contributed by atoms with Crippen LogP contribution in [-0.2, 0) is 6.42 Å². The number of hydrogen-bond donors (Lipinski definition) is 1. The molecule has 1 heterocycles. The second-order valence-corrected chi connectivity index (χ2v) is 5.57. The summed E-state index contributed by atoms with van der Waals surface area (Å²) in [7, 11) is 0. The van der Waals surface area contributed by atoms with Crippen molar-refractivity contribution in [2.45, 2.75) is 26.2 Å². The number of para-hydroxylation sites is 1. The fourth-order valence-corrected chi connectivity index (χ4v) is 2.70. The van der Waals surface area contributed by atoms with Gasteiger partial charge in [0, 0.05) is 12.5 Å². The average Bonchev–Trinajstić information content (AvgIpc) is 2.91. The summed E-state index contributed by atoms with van der Waals surface area (Å²) in [5.41, 5.74) is 6.85. The van der Waals surface area contributed by atoms with E-state index in [0.717, 1.165) is 25.3 Å². The van der Waals surface area contributed by atoms with Crippen molar-refractivity contribution in [2.24, 2.45) is 11.7 Å². The highest BCUT2D eigenvalue weighted by Gasteiger charge is 2.15. The van der Waals surface area contributed by atoms with Crippen molar-refractivity contribution in [3.8, 4) is 5.75 Å². The van der Waals surface area contributed by atoms with Crippen molar-refractivity contribution in [1.82, 2.24) is 4.90 Å². The molecule has 1 aliphatic heterocycles. The number of hydrogen-bond acceptors (Lipinski definition) is 3. The van der Waals surface area contributed by atoms with E-state index < -0.39 is 0 Å². The molecular weight excluding hydrogens is 236 g/mol. The predicted octanol–water partition coefficient (Wildman–Crippen LogP) is 2.30. The summed E-state index contributed by atoms with van der Waals surface area (Å²) in [5.74, 6) is 1.57. The third-order valence-electron chi connectivity index (χ3n) is 3.68. The van der Waals surface area contributed by atoms with Gasteiger partial charge >= 0.3 is 0 Å². The molecule has 3 heteroatoms. The number of rotatable bonds is 7. The molecule has 2 rings (SSSR count). The Labute approximate surface area is 116 Å². The minimum absolute atomic E-state index is 0.573. The predicted molar refractivity (Wildman–Crippen MR) is 79.5 cm³/mol. The Bertz CT molecular complexity index is 375. The molecule has 1 unspecified atom stereocenters. The van der Waals surface area contributed by atoms with Crippen molar-refractivity contribution in [1.29, 1.82) is 0 Å². The van der Waals surface area contributed by atoms with Gasteiger partial charge in [0.15, 0.2) is 0 Å². The summed E-state index contributed by atoms with van der Waals surface area (Å²) in [6.45, 7) is 7.40. The Morgan fingerprint density at radius 2 is 2.00 bits per heavy atom. The zero-order chi connectivity index (χ0) is 13.5. The van der Waals surface area contributed by atoms with Gasteiger partial charge in [-0.15, -0.1) is 0 Å². The van der Waals surface area contributed by atoms with Crippen LogP contribution in [0.3, 0.4) is 0 Å². The molecule has 1 aromatic carbocycles. The third kappa shape index (κ3) is 4.51. The molecule has 0 saturated carbocycles. The lowest BCUT2D eigenvalue weighted by Crippen LogP contribution is -2.28. The van der Waals surface area contributed by atoms with Crippen LogP contribution in [-0.4, -0.2) is 37.7 Å². The van der Waals surface area contributed by atoms with Gasteiger partial charge in [-0.3, -0.25) is 0 Å². The molecule has 1 saturated heterocycles. The third-order valence-corrected chi connectivity index (χ3v) is 3.68. The van der Waals surface area contributed by atoms with E-state index in [1.807, 2.05) is 18.2 Å². The maximum Gasteiger partial charge on any atom is 0.122 e. The van der Waals surface area contributed by atoms with Gasteiger partial charge in [-0.05, 0) is 50.5 Å². The quantitative estimate of drug-likeness (QED) is 0.819. The van der Waals surface area contributed by atoms with Crippen molar-refractivity contribution in [2.75, 3.05) is 32.8 Å². The summed E-state index contributed by atoms with van der Waals surface area (Å²) in [4.78, 5) is 2.54. The second-order valence-electron chi connectivity index (χ2n) is 5.57. The van der Waals surface area contributed by atoms with Crippen LogP contribution in [0, 0.1) is 5.92 Å². The Hall–Kier alpha value is -1.06. The molecule has 0 spiro atoms. The van der Waals surface area contributed by atoms with E-state index in [0.29, 0.717) is 12.5 Å². The van der Waals surface area contributed by atoms with Gasteiger partial charge in [0.2, 0.25) is 0 Å². The van der Waals surface area contributed by atoms with Crippen molar-refractivity contribution in [3.63, 3.8) is 0 Å². The Morgan fingerprint density at radius 1 is 1.26 bits per heavy atom. The topological polar surface area (TPSA) is 38.5 Å². The van der Waals surface area contributed by atoms with Gasteiger partial charge in [-0.25, -0.2) is 0 Å². The van der Waals surface area contributed by atoms with Crippen LogP contribution >= 0.6 is 0 Å². The number of benzene rings is 1. The molecule has 0 aliphatic carbocycles. The SMILES string of the molecule is CC(COc1ccccc1CCN)CN1CCCC1. The molecule has 1 aromatic rings. The number of nitrogens with zero attached hydrogens (tertiary/aromatic N) is 1. The first-order chi connectivity index (χ1) is 9.29. The highest BCUT2D eigenvalue weighted by Crippen LogP contribution is 2.19. The number of likely N-dealkylation sites (tertiary alicyclic amines) is 1. The van der Waals surface area contributed by atoms with Gasteiger partial charge < -0.3 is 15.4 Å². The Morgan fingerprint density at radius 3 is 2.74 bits per heavy atom. The van der Waals surface area contributed by atoms with E-state index in [9.17, 15) is 0 Å². The standard InChI is InChI=1S/C16H26N2O/c1-14(12-18-10-4-5-11-18)13-19-16-7-3-2-6-15(16)8-9-17/h2-3,6-7,14H,4-5,8-13,17H2,1H3. The van der Waals surface area contributed by atoms with Crippen molar-refractivity contribution < 1.29 is 4.74 Å². The fourth-order valence-electron chi connectivity index (χ4n) is 2.70. The molecule has 19 heavy (non-hydrogen) atoms. The van der Waals surface area contributed by atoms with E-state index in [4.69, 9.17) is 10.5 Å². The van der Waals surface area contributed by atoms with Crippen LogP contribution in [0.5, 0.6) is 5.75 Å². The fraction of sp³-hybridized carbons (Fsp3) is 0.625. The Kier molecular flexibility index (Phi) is 5.67. The molecule has 3 nitrogen and oxygen atoms in total. The summed E-state index contributed by atoms with van der Waals surface area (Å²) in [6, 6.07) is 8.23. The van der Waals surface area contributed by atoms with Crippen molar-refractivity contribution >= 4 is 0 Å². The molecule has 106 valence electrons. The lowest BCUT2D eigenvalue weighted by atomic mass is 10.1. The van der Waals surface area contributed by atoms with Crippen LogP contribution in [0.15, 0.2) is 24.3 Å². The lowest BCUT2D eigenvalue weighted by Gasteiger charge is -2.21. The molecule has 1 fully saturated rings. The lowest BCUT2D eigenvalue weighted by molar-refractivity contribution is 0.205. The minimum Gasteiger partial charge on any atom is -0.493 e. The van der Waals surface area contributed by atoms with E-state index >= 15 is 0 Å². The molecular formula is C16H26N2O. The zero-order valence-electron chi connectivity index (χ0n) is 12.0. The van der Waals surface area contributed by atoms with Gasteiger partial charge in [-0.2, -0.15) is 0 Å². The molecule has 0 bridgehead atoms. The van der Waals surface area contributed by atoms with Gasteiger partial charge in [0.1, 0.15) is 5.75 Å². The first-order valence-electron chi connectivity index (χ1n) is 7.42. The van der Waals surface area contributed by atoms with Crippen LogP contribution in [0.1, 0.15) is 25.3 Å². The van der Waals surface area contributed by atoms with E-state index in [1.165, 1.54) is 31.5 Å². The van der Waals surface area contributed by atoms with Crippen molar-refractivity contribution in [3.05, 3.63) is 29.8 Å². The molecule has 1 aliphatic rings. The largest absolute Gasteiger partial charge is 0.493 e. The average molecular weight is 262 g/mol. The number of ether oxygens (including phenoxy) is 1. The first-order valence-corrected chi connectivity index (χ1v) is 7.42. The first kappa shape index (κ1) is 14.4. The minimum atomic E-state index is 0.573. The highest BCUT2D eigenvalue weighted by atomic mass is 16.5. The Balaban J connectivity index is 1.80. The van der Waals surface area contributed by atoms with Crippen LogP contribution in [0.25, 0.3) is 0 Å². The summed E-state index contributed by atoms with van der Waals surface area (Å²) < 4.78 is 5.98. The summed E-state index contributed by atoms with van der Waals surface area (Å²) >= 11 is 0. The normalized spacial score (nSPS) is 17.6. The van der Waals surface area contributed by atoms with Crippen LogP contribution < -0.4 is 10.5 Å². The molecule has 1 atom stereocenters. The van der Waals surface area contributed by atoms with Crippen LogP contribution in [0.2, 0.25) is 0 Å². The molecule has 0 radical (unpaired) electrons.